The Morgan fingerprint density at radius 1 is 1.52 bits per heavy atom. The molecule has 2 rings (SSSR count). The minimum absolute atomic E-state index is 0.0516. The van der Waals surface area contributed by atoms with Gasteiger partial charge in [0.05, 0.1) is 25.8 Å². The zero-order chi connectivity index (χ0) is 18.6. The molecule has 2 N–H and O–H groups in total. The highest BCUT2D eigenvalue weighted by Gasteiger charge is 2.42. The number of halogens is 1. The first-order valence-electron chi connectivity index (χ1n) is 8.15. The quantitative estimate of drug-likeness (QED) is 0.838. The first kappa shape index (κ1) is 19.5. The predicted octanol–water partition coefficient (Wildman–Crippen LogP) is 2.50. The molecule has 0 saturated carbocycles. The van der Waals surface area contributed by atoms with Gasteiger partial charge < -0.3 is 15.4 Å². The van der Waals surface area contributed by atoms with Crippen LogP contribution >= 0.6 is 11.8 Å². The third kappa shape index (κ3) is 4.65. The van der Waals surface area contributed by atoms with E-state index in [4.69, 9.17) is 15.7 Å². The number of thioether (sulfide) groups is 1. The van der Waals surface area contributed by atoms with E-state index in [0.29, 0.717) is 5.75 Å². The molecule has 1 fully saturated rings. The van der Waals surface area contributed by atoms with E-state index in [1.54, 1.807) is 18.9 Å². The average molecular weight is 365 g/mol. The summed E-state index contributed by atoms with van der Waals surface area (Å²) in [6, 6.07) is 8.16. The van der Waals surface area contributed by atoms with Crippen molar-refractivity contribution in [2.45, 2.75) is 49.0 Å². The maximum Gasteiger partial charge on any atom is 0.242 e. The predicted molar refractivity (Wildman–Crippen MR) is 97.0 cm³/mol. The number of carbonyl (C=O) groups excluding carboxylic acids is 1. The number of methoxy groups -OCH3 is 1. The Hall–Kier alpha value is -1.78. The van der Waals surface area contributed by atoms with Crippen LogP contribution in [0.5, 0.6) is 5.75 Å². The van der Waals surface area contributed by atoms with Gasteiger partial charge in [-0.3, -0.25) is 4.79 Å². The Bertz CT molecular complexity index is 645. The number of hydrogen-bond acceptors (Lipinski definition) is 5. The third-order valence-corrected chi connectivity index (χ3v) is 5.94. The van der Waals surface area contributed by atoms with Crippen molar-refractivity contribution in [1.82, 2.24) is 4.90 Å². The largest absolute Gasteiger partial charge is 0.497 e. The van der Waals surface area contributed by atoms with E-state index in [9.17, 15) is 9.18 Å². The van der Waals surface area contributed by atoms with Crippen molar-refractivity contribution in [2.24, 2.45) is 5.73 Å². The maximum atomic E-state index is 13.6. The molecule has 0 bridgehead atoms. The van der Waals surface area contributed by atoms with Gasteiger partial charge in [0, 0.05) is 16.9 Å². The Morgan fingerprint density at radius 2 is 2.16 bits per heavy atom. The van der Waals surface area contributed by atoms with Crippen LogP contribution in [-0.2, 0) is 10.5 Å². The normalized spacial score (nSPS) is 21.7. The van der Waals surface area contributed by atoms with Gasteiger partial charge >= 0.3 is 0 Å². The number of likely N-dealkylation sites (tertiary alicyclic amines) is 1. The van der Waals surface area contributed by atoms with Gasteiger partial charge in [0.15, 0.2) is 0 Å². The summed E-state index contributed by atoms with van der Waals surface area (Å²) in [5.74, 6) is 1.11. The summed E-state index contributed by atoms with van der Waals surface area (Å²) in [4.78, 5) is 13.9. The molecule has 1 aliphatic rings. The van der Waals surface area contributed by atoms with Gasteiger partial charge in [-0.15, -0.1) is 11.8 Å². The molecule has 1 amide bonds. The Labute approximate surface area is 152 Å². The van der Waals surface area contributed by atoms with Crippen molar-refractivity contribution < 1.29 is 13.9 Å². The average Bonchev–Trinajstić information content (AvgIpc) is 3.00. The molecule has 5 nitrogen and oxygen atoms in total. The number of nitrogens with two attached hydrogens (primary N) is 1. The molecule has 1 saturated heterocycles. The van der Waals surface area contributed by atoms with Crippen molar-refractivity contribution >= 4 is 17.7 Å². The van der Waals surface area contributed by atoms with Gasteiger partial charge in [0.1, 0.15) is 18.0 Å². The number of benzene rings is 1. The summed E-state index contributed by atoms with van der Waals surface area (Å²) in [6.45, 7) is 3.74. The van der Waals surface area contributed by atoms with Crippen LogP contribution in [0.3, 0.4) is 0 Å². The monoisotopic (exact) mass is 365 g/mol. The van der Waals surface area contributed by atoms with Crippen molar-refractivity contribution in [2.75, 3.05) is 13.7 Å². The minimum atomic E-state index is -1.16. The standard InChI is InChI=1S/C18H24FN3O2S/c1-18(2,25-11-12-4-6-15(24-3)7-5-12)16(21)17(23)22-10-13(19)8-14(22)9-20/h4-7,13-14,16H,8,10-11,21H2,1-3H3. The summed E-state index contributed by atoms with van der Waals surface area (Å²) in [5.41, 5.74) is 7.28. The second-order valence-corrected chi connectivity index (χ2v) is 8.32. The van der Waals surface area contributed by atoms with E-state index >= 15 is 0 Å². The number of carbonyl (C=O) groups is 1. The fraction of sp³-hybridized carbons (Fsp3) is 0.556. The molecule has 3 unspecified atom stereocenters. The van der Waals surface area contributed by atoms with E-state index in [1.807, 2.05) is 44.2 Å². The van der Waals surface area contributed by atoms with Crippen LogP contribution in [0.4, 0.5) is 4.39 Å². The van der Waals surface area contributed by atoms with Gasteiger partial charge in [0.25, 0.3) is 0 Å². The van der Waals surface area contributed by atoms with E-state index in [-0.39, 0.29) is 18.9 Å². The van der Waals surface area contributed by atoms with Crippen molar-refractivity contribution in [3.05, 3.63) is 29.8 Å². The van der Waals surface area contributed by atoms with Crippen LogP contribution in [0.25, 0.3) is 0 Å². The number of ether oxygens (including phenoxy) is 1. The van der Waals surface area contributed by atoms with Crippen LogP contribution in [0, 0.1) is 11.3 Å². The second kappa shape index (κ2) is 8.07. The molecule has 1 heterocycles. The first-order valence-corrected chi connectivity index (χ1v) is 9.13. The molecule has 7 heteroatoms. The van der Waals surface area contributed by atoms with Crippen LogP contribution in [0.2, 0.25) is 0 Å². The molecule has 0 aromatic heterocycles. The van der Waals surface area contributed by atoms with Gasteiger partial charge in [0.2, 0.25) is 5.91 Å². The third-order valence-electron chi connectivity index (χ3n) is 4.47. The number of rotatable bonds is 6. The van der Waals surface area contributed by atoms with Crippen molar-refractivity contribution in [3.8, 4) is 11.8 Å². The lowest BCUT2D eigenvalue weighted by molar-refractivity contribution is -0.133. The molecular weight excluding hydrogens is 341 g/mol. The maximum absolute atomic E-state index is 13.6. The first-order chi connectivity index (χ1) is 11.8. The molecular formula is C18H24FN3O2S. The summed E-state index contributed by atoms with van der Waals surface area (Å²) in [6.07, 6.45) is -1.09. The molecule has 0 radical (unpaired) electrons. The number of amides is 1. The van der Waals surface area contributed by atoms with Gasteiger partial charge in [-0.25, -0.2) is 4.39 Å². The van der Waals surface area contributed by atoms with E-state index in [1.165, 1.54) is 4.90 Å². The van der Waals surface area contributed by atoms with Crippen LogP contribution in [-0.4, -0.2) is 47.5 Å². The molecule has 25 heavy (non-hydrogen) atoms. The van der Waals surface area contributed by atoms with Crippen LogP contribution in [0.15, 0.2) is 24.3 Å². The smallest absolute Gasteiger partial charge is 0.242 e. The highest BCUT2D eigenvalue weighted by molar-refractivity contribution is 7.99. The lowest BCUT2D eigenvalue weighted by Crippen LogP contribution is -2.54. The zero-order valence-corrected chi connectivity index (χ0v) is 15.6. The van der Waals surface area contributed by atoms with Crippen molar-refractivity contribution in [3.63, 3.8) is 0 Å². The summed E-state index contributed by atoms with van der Waals surface area (Å²) >= 11 is 1.56. The summed E-state index contributed by atoms with van der Waals surface area (Å²) in [7, 11) is 1.62. The lowest BCUT2D eigenvalue weighted by Gasteiger charge is -2.33. The van der Waals surface area contributed by atoms with Crippen LogP contribution in [0.1, 0.15) is 25.8 Å². The van der Waals surface area contributed by atoms with E-state index < -0.39 is 23.0 Å². The van der Waals surface area contributed by atoms with E-state index in [0.717, 1.165) is 11.3 Å². The molecule has 136 valence electrons. The topological polar surface area (TPSA) is 79.3 Å². The molecule has 0 spiro atoms. The number of nitrogens with zero attached hydrogens (tertiary/aromatic N) is 2. The number of nitriles is 1. The number of alkyl halides is 1. The highest BCUT2D eigenvalue weighted by atomic mass is 32.2. The van der Waals surface area contributed by atoms with Crippen LogP contribution < -0.4 is 10.5 Å². The molecule has 0 aliphatic carbocycles. The number of hydrogen-bond donors (Lipinski definition) is 1. The van der Waals surface area contributed by atoms with Crippen molar-refractivity contribution in [1.29, 1.82) is 5.26 Å². The van der Waals surface area contributed by atoms with E-state index in [2.05, 4.69) is 0 Å². The second-order valence-electron chi connectivity index (χ2n) is 6.69. The summed E-state index contributed by atoms with van der Waals surface area (Å²) in [5, 5.41) is 9.12. The minimum Gasteiger partial charge on any atom is -0.497 e. The molecule has 1 aliphatic heterocycles. The lowest BCUT2D eigenvalue weighted by atomic mass is 10.0. The fourth-order valence-electron chi connectivity index (χ4n) is 2.71. The van der Waals surface area contributed by atoms with Gasteiger partial charge in [-0.05, 0) is 31.5 Å². The van der Waals surface area contributed by atoms with Gasteiger partial charge in [-0.2, -0.15) is 5.26 Å². The Kier molecular flexibility index (Phi) is 6.31. The molecule has 1 aromatic rings. The Balaban J connectivity index is 1.99. The Morgan fingerprint density at radius 3 is 2.72 bits per heavy atom. The zero-order valence-electron chi connectivity index (χ0n) is 14.7. The fourth-order valence-corrected chi connectivity index (χ4v) is 3.72. The van der Waals surface area contributed by atoms with Gasteiger partial charge in [-0.1, -0.05) is 12.1 Å². The molecule has 1 aromatic carbocycles. The highest BCUT2D eigenvalue weighted by Crippen LogP contribution is 2.33. The summed E-state index contributed by atoms with van der Waals surface area (Å²) < 4.78 is 18.1. The SMILES string of the molecule is COc1ccc(CSC(C)(C)C(N)C(=O)N2CC(F)CC2C#N)cc1. The molecule has 3 atom stereocenters.